The van der Waals surface area contributed by atoms with Gasteiger partial charge in [-0.3, -0.25) is 0 Å². The fourth-order valence-electron chi connectivity index (χ4n) is 2.36. The Kier molecular flexibility index (Phi) is 3.90. The quantitative estimate of drug-likeness (QED) is 0.865. The third-order valence-electron chi connectivity index (χ3n) is 3.42. The van der Waals surface area contributed by atoms with Gasteiger partial charge in [-0.05, 0) is 30.7 Å². The molecule has 0 saturated heterocycles. The van der Waals surface area contributed by atoms with Crippen molar-refractivity contribution < 1.29 is 4.39 Å². The van der Waals surface area contributed by atoms with Crippen molar-refractivity contribution >= 4 is 5.82 Å². The highest BCUT2D eigenvalue weighted by atomic mass is 19.1. The number of aryl methyl sites for hydroxylation is 1. The van der Waals surface area contributed by atoms with Gasteiger partial charge in [0.1, 0.15) is 23.2 Å². The van der Waals surface area contributed by atoms with Crippen LogP contribution in [0.4, 0.5) is 10.2 Å². The molecule has 0 atom stereocenters. The molecule has 0 spiro atoms. The number of nitrogen functional groups attached to an aromatic ring is 1. The molecule has 0 aliphatic rings. The second kappa shape index (κ2) is 5.35. The lowest BCUT2D eigenvalue weighted by Gasteiger charge is -2.19. The van der Waals surface area contributed by atoms with E-state index in [1.165, 1.54) is 6.07 Å². The van der Waals surface area contributed by atoms with Crippen LogP contribution in [0.5, 0.6) is 0 Å². The Morgan fingerprint density at radius 1 is 1.38 bits per heavy atom. The zero-order valence-corrected chi connectivity index (χ0v) is 13.1. The lowest BCUT2D eigenvalue weighted by molar-refractivity contribution is 0.515. The summed E-state index contributed by atoms with van der Waals surface area (Å²) >= 11 is 0. The maximum absolute atomic E-state index is 13.4. The first-order valence-electron chi connectivity index (χ1n) is 6.99. The van der Waals surface area contributed by atoms with Crippen LogP contribution < -0.4 is 5.73 Å². The van der Waals surface area contributed by atoms with Gasteiger partial charge in [-0.1, -0.05) is 26.8 Å². The van der Waals surface area contributed by atoms with E-state index in [0.29, 0.717) is 23.6 Å². The van der Waals surface area contributed by atoms with Crippen LogP contribution in [-0.2, 0) is 12.0 Å². The van der Waals surface area contributed by atoms with E-state index in [1.54, 1.807) is 25.1 Å². The van der Waals surface area contributed by atoms with Crippen LogP contribution in [0.1, 0.15) is 32.2 Å². The van der Waals surface area contributed by atoms with E-state index in [9.17, 15) is 4.39 Å². The van der Waals surface area contributed by atoms with E-state index in [0.717, 1.165) is 11.4 Å². The third kappa shape index (κ3) is 2.84. The molecule has 0 unspecified atom stereocenters. The summed E-state index contributed by atoms with van der Waals surface area (Å²) in [6.45, 7) is 12.4. The first kappa shape index (κ1) is 15.3. The summed E-state index contributed by atoms with van der Waals surface area (Å²) in [4.78, 5) is 4.71. The van der Waals surface area contributed by atoms with E-state index in [1.807, 2.05) is 4.57 Å². The van der Waals surface area contributed by atoms with Gasteiger partial charge in [-0.25, -0.2) is 9.37 Å². The normalized spacial score (nSPS) is 11.7. The molecule has 0 radical (unpaired) electrons. The SMILES string of the molecule is C=CCn1c(C(C)(C)C)nc(-c2ccc(F)c(C)c2)c1N. The zero-order valence-electron chi connectivity index (χ0n) is 13.1. The number of halogens is 1. The number of allylic oxidation sites excluding steroid dienone is 1. The van der Waals surface area contributed by atoms with Crippen LogP contribution in [0.25, 0.3) is 11.3 Å². The molecule has 0 saturated carbocycles. The van der Waals surface area contributed by atoms with Gasteiger partial charge in [-0.15, -0.1) is 6.58 Å². The topological polar surface area (TPSA) is 43.8 Å². The van der Waals surface area contributed by atoms with Crippen molar-refractivity contribution in [1.29, 1.82) is 0 Å². The Morgan fingerprint density at radius 2 is 2.05 bits per heavy atom. The molecular formula is C17H22FN3. The van der Waals surface area contributed by atoms with E-state index >= 15 is 0 Å². The summed E-state index contributed by atoms with van der Waals surface area (Å²) in [5, 5.41) is 0. The maximum Gasteiger partial charge on any atom is 0.132 e. The average Bonchev–Trinajstić information content (AvgIpc) is 2.71. The molecule has 112 valence electrons. The lowest BCUT2D eigenvalue weighted by atomic mass is 9.95. The van der Waals surface area contributed by atoms with E-state index in [4.69, 9.17) is 10.7 Å². The Bertz CT molecular complexity index is 678. The minimum Gasteiger partial charge on any atom is -0.383 e. The zero-order chi connectivity index (χ0) is 15.8. The smallest absolute Gasteiger partial charge is 0.132 e. The van der Waals surface area contributed by atoms with Crippen molar-refractivity contribution in [3.63, 3.8) is 0 Å². The van der Waals surface area contributed by atoms with Gasteiger partial charge >= 0.3 is 0 Å². The van der Waals surface area contributed by atoms with Gasteiger partial charge in [0.2, 0.25) is 0 Å². The summed E-state index contributed by atoms with van der Waals surface area (Å²) in [5.74, 6) is 1.27. The fourth-order valence-corrected chi connectivity index (χ4v) is 2.36. The Balaban J connectivity index is 2.64. The number of nitrogens with two attached hydrogens (primary N) is 1. The molecule has 0 fully saturated rings. The Hall–Kier alpha value is -2.10. The summed E-state index contributed by atoms with van der Waals surface area (Å²) in [7, 11) is 0. The average molecular weight is 287 g/mol. The minimum atomic E-state index is -0.223. The summed E-state index contributed by atoms with van der Waals surface area (Å²) in [5.41, 5.74) is 8.25. The summed E-state index contributed by atoms with van der Waals surface area (Å²) < 4.78 is 15.4. The summed E-state index contributed by atoms with van der Waals surface area (Å²) in [6.07, 6.45) is 1.80. The molecular weight excluding hydrogens is 265 g/mol. The first-order chi connectivity index (χ1) is 9.75. The fraction of sp³-hybridized carbons (Fsp3) is 0.353. The number of anilines is 1. The molecule has 2 aromatic rings. The number of nitrogens with zero attached hydrogens (tertiary/aromatic N) is 2. The standard InChI is InChI=1S/C17H22FN3/c1-6-9-21-15(19)14(20-16(21)17(3,4)5)12-7-8-13(18)11(2)10-12/h6-8,10H,1,9,19H2,2-5H3. The molecule has 1 aromatic heterocycles. The van der Waals surface area contributed by atoms with E-state index < -0.39 is 0 Å². The van der Waals surface area contributed by atoms with E-state index in [-0.39, 0.29) is 11.2 Å². The molecule has 1 heterocycles. The molecule has 2 rings (SSSR count). The van der Waals surface area contributed by atoms with Crippen LogP contribution in [0.15, 0.2) is 30.9 Å². The van der Waals surface area contributed by atoms with Gasteiger partial charge in [0.25, 0.3) is 0 Å². The molecule has 0 bridgehead atoms. The molecule has 3 nitrogen and oxygen atoms in total. The molecule has 0 aliphatic carbocycles. The van der Waals surface area contributed by atoms with Crippen LogP contribution in [0.3, 0.4) is 0 Å². The highest BCUT2D eigenvalue weighted by Crippen LogP contribution is 2.32. The number of hydrogen-bond acceptors (Lipinski definition) is 2. The van der Waals surface area contributed by atoms with Crippen LogP contribution in [-0.4, -0.2) is 9.55 Å². The Labute approximate surface area is 125 Å². The van der Waals surface area contributed by atoms with Crippen LogP contribution in [0.2, 0.25) is 0 Å². The molecule has 4 heteroatoms. The number of rotatable bonds is 3. The number of hydrogen-bond donors (Lipinski definition) is 1. The number of aromatic nitrogens is 2. The molecule has 1 aromatic carbocycles. The summed E-state index contributed by atoms with van der Waals surface area (Å²) in [6, 6.07) is 4.94. The lowest BCUT2D eigenvalue weighted by Crippen LogP contribution is -2.19. The molecule has 21 heavy (non-hydrogen) atoms. The van der Waals surface area contributed by atoms with Gasteiger partial charge in [0.05, 0.1) is 0 Å². The number of imidazole rings is 1. The largest absolute Gasteiger partial charge is 0.383 e. The highest BCUT2D eigenvalue weighted by molar-refractivity contribution is 5.72. The molecule has 2 N–H and O–H groups in total. The van der Waals surface area contributed by atoms with Crippen molar-refractivity contribution in [2.24, 2.45) is 0 Å². The van der Waals surface area contributed by atoms with Gasteiger partial charge in [-0.2, -0.15) is 0 Å². The number of benzene rings is 1. The van der Waals surface area contributed by atoms with Crippen molar-refractivity contribution in [2.75, 3.05) is 5.73 Å². The van der Waals surface area contributed by atoms with Gasteiger partial charge in [0, 0.05) is 17.5 Å². The van der Waals surface area contributed by atoms with Crippen LogP contribution >= 0.6 is 0 Å². The second-order valence-electron chi connectivity index (χ2n) is 6.28. The third-order valence-corrected chi connectivity index (χ3v) is 3.42. The van der Waals surface area contributed by atoms with Crippen molar-refractivity contribution in [3.8, 4) is 11.3 Å². The predicted molar refractivity (Wildman–Crippen MR) is 85.7 cm³/mol. The van der Waals surface area contributed by atoms with Crippen molar-refractivity contribution in [2.45, 2.75) is 39.7 Å². The van der Waals surface area contributed by atoms with E-state index in [2.05, 4.69) is 27.4 Å². The van der Waals surface area contributed by atoms with Crippen LogP contribution in [0, 0.1) is 12.7 Å². The monoisotopic (exact) mass is 287 g/mol. The van der Waals surface area contributed by atoms with Gasteiger partial charge in [0.15, 0.2) is 0 Å². The second-order valence-corrected chi connectivity index (χ2v) is 6.28. The maximum atomic E-state index is 13.4. The highest BCUT2D eigenvalue weighted by Gasteiger charge is 2.25. The minimum absolute atomic E-state index is 0.134. The molecule has 0 amide bonds. The predicted octanol–water partition coefficient (Wildman–Crippen LogP) is 4.06. The Morgan fingerprint density at radius 3 is 2.57 bits per heavy atom. The first-order valence-corrected chi connectivity index (χ1v) is 6.99. The van der Waals surface area contributed by atoms with Crippen molar-refractivity contribution in [3.05, 3.63) is 48.1 Å². The van der Waals surface area contributed by atoms with Crippen molar-refractivity contribution in [1.82, 2.24) is 9.55 Å². The van der Waals surface area contributed by atoms with Gasteiger partial charge < -0.3 is 10.3 Å². The molecule has 0 aliphatic heterocycles.